The van der Waals surface area contributed by atoms with E-state index in [-0.39, 0.29) is 31.5 Å². The number of nitrogens with one attached hydrogen (secondary N) is 1. The lowest BCUT2D eigenvalue weighted by atomic mass is 9.76. The Bertz CT molecular complexity index is 383. The van der Waals surface area contributed by atoms with Gasteiger partial charge in [0.25, 0.3) is 0 Å². The summed E-state index contributed by atoms with van der Waals surface area (Å²) < 4.78 is 0. The van der Waals surface area contributed by atoms with Gasteiger partial charge in [-0.25, -0.2) is 4.79 Å². The van der Waals surface area contributed by atoms with Crippen LogP contribution in [-0.4, -0.2) is 47.5 Å². The number of nitrogens with two attached hydrogens (primary N) is 1. The van der Waals surface area contributed by atoms with Crippen LogP contribution in [0.5, 0.6) is 0 Å². The van der Waals surface area contributed by atoms with E-state index in [0.717, 1.165) is 0 Å². The number of primary amides is 1. The van der Waals surface area contributed by atoms with Crippen molar-refractivity contribution >= 4 is 17.9 Å². The molecule has 0 bridgehead atoms. The summed E-state index contributed by atoms with van der Waals surface area (Å²) in [6, 6.07) is -0.343. The van der Waals surface area contributed by atoms with Crippen LogP contribution in [0.3, 0.4) is 0 Å². The smallest absolute Gasteiger partial charge is 0.317 e. The second kappa shape index (κ2) is 5.90. The van der Waals surface area contributed by atoms with E-state index < -0.39 is 17.3 Å². The van der Waals surface area contributed by atoms with Crippen molar-refractivity contribution in [2.24, 2.45) is 17.1 Å². The van der Waals surface area contributed by atoms with Gasteiger partial charge in [0.15, 0.2) is 0 Å². The van der Waals surface area contributed by atoms with Crippen LogP contribution < -0.4 is 11.1 Å². The predicted octanol–water partition coefficient (Wildman–Crippen LogP) is 0.00410. The number of rotatable bonds is 5. The molecule has 108 valence electrons. The van der Waals surface area contributed by atoms with Crippen molar-refractivity contribution in [2.75, 3.05) is 19.6 Å². The van der Waals surface area contributed by atoms with Crippen LogP contribution in [-0.2, 0) is 9.59 Å². The summed E-state index contributed by atoms with van der Waals surface area (Å²) in [4.78, 5) is 35.3. The fourth-order valence-electron chi connectivity index (χ4n) is 2.30. The van der Waals surface area contributed by atoms with Crippen LogP contribution in [0, 0.1) is 11.3 Å². The first-order valence-corrected chi connectivity index (χ1v) is 6.34. The molecule has 0 spiro atoms. The molecule has 4 N–H and O–H groups in total. The van der Waals surface area contributed by atoms with E-state index in [4.69, 9.17) is 5.73 Å². The fraction of sp³-hybridized carbons (Fsp3) is 0.750. The SMILES string of the molecule is CC(C)C1(C(=O)O)CCN(C(=O)NCCC(N)=O)C1. The molecule has 0 aliphatic carbocycles. The number of urea groups is 1. The number of carbonyl (C=O) groups excluding carboxylic acids is 2. The zero-order chi connectivity index (χ0) is 14.6. The Kier molecular flexibility index (Phi) is 4.74. The molecule has 1 fully saturated rings. The van der Waals surface area contributed by atoms with Crippen LogP contribution in [0.4, 0.5) is 4.79 Å². The Hall–Kier alpha value is -1.79. The average Bonchev–Trinajstić information content (AvgIpc) is 2.74. The molecule has 1 aliphatic rings. The average molecular weight is 271 g/mol. The molecule has 7 nitrogen and oxygen atoms in total. The predicted molar refractivity (Wildman–Crippen MR) is 68.3 cm³/mol. The molecule has 7 heteroatoms. The summed E-state index contributed by atoms with van der Waals surface area (Å²) in [6.45, 7) is 4.48. The first kappa shape index (κ1) is 15.3. The normalized spacial score (nSPS) is 22.6. The van der Waals surface area contributed by atoms with E-state index in [0.29, 0.717) is 13.0 Å². The second-order valence-corrected chi connectivity index (χ2v) is 5.24. The third-order valence-electron chi connectivity index (χ3n) is 3.77. The molecule has 3 amide bonds. The van der Waals surface area contributed by atoms with Gasteiger partial charge in [-0.2, -0.15) is 0 Å². The Morgan fingerprint density at radius 2 is 2.05 bits per heavy atom. The van der Waals surface area contributed by atoms with Gasteiger partial charge in [-0.3, -0.25) is 9.59 Å². The Morgan fingerprint density at radius 3 is 2.47 bits per heavy atom. The first-order chi connectivity index (χ1) is 8.79. The lowest BCUT2D eigenvalue weighted by molar-refractivity contribution is -0.150. The van der Waals surface area contributed by atoms with Gasteiger partial charge in [-0.05, 0) is 12.3 Å². The van der Waals surface area contributed by atoms with E-state index in [9.17, 15) is 19.5 Å². The number of carbonyl (C=O) groups is 3. The summed E-state index contributed by atoms with van der Waals surface area (Å²) >= 11 is 0. The number of amides is 3. The van der Waals surface area contributed by atoms with Gasteiger partial charge in [0.05, 0.1) is 5.41 Å². The summed E-state index contributed by atoms with van der Waals surface area (Å²) in [6.07, 6.45) is 0.525. The van der Waals surface area contributed by atoms with Crippen molar-refractivity contribution in [1.29, 1.82) is 0 Å². The fourth-order valence-corrected chi connectivity index (χ4v) is 2.30. The number of hydrogen-bond donors (Lipinski definition) is 3. The lowest BCUT2D eigenvalue weighted by Crippen LogP contribution is -2.44. The molecule has 19 heavy (non-hydrogen) atoms. The summed E-state index contributed by atoms with van der Waals surface area (Å²) in [5.41, 5.74) is 4.10. The number of hydrogen-bond acceptors (Lipinski definition) is 3. The molecule has 0 saturated carbocycles. The van der Waals surface area contributed by atoms with Gasteiger partial charge in [0, 0.05) is 26.1 Å². The maximum Gasteiger partial charge on any atom is 0.317 e. The molecule has 0 radical (unpaired) electrons. The molecule has 0 aromatic rings. The van der Waals surface area contributed by atoms with E-state index in [1.165, 1.54) is 4.90 Å². The van der Waals surface area contributed by atoms with Gasteiger partial charge in [0.1, 0.15) is 0 Å². The molecular weight excluding hydrogens is 250 g/mol. The van der Waals surface area contributed by atoms with Gasteiger partial charge in [-0.1, -0.05) is 13.8 Å². The zero-order valence-electron chi connectivity index (χ0n) is 11.3. The highest BCUT2D eigenvalue weighted by atomic mass is 16.4. The molecule has 1 unspecified atom stereocenters. The van der Waals surface area contributed by atoms with Crippen LogP contribution >= 0.6 is 0 Å². The molecule has 1 rings (SSSR count). The summed E-state index contributed by atoms with van der Waals surface area (Å²) in [5, 5.41) is 11.9. The van der Waals surface area contributed by atoms with Crippen LogP contribution in [0.15, 0.2) is 0 Å². The first-order valence-electron chi connectivity index (χ1n) is 6.34. The van der Waals surface area contributed by atoms with Crippen molar-refractivity contribution in [3.05, 3.63) is 0 Å². The zero-order valence-corrected chi connectivity index (χ0v) is 11.3. The number of likely N-dealkylation sites (tertiary alicyclic amines) is 1. The monoisotopic (exact) mass is 271 g/mol. The van der Waals surface area contributed by atoms with E-state index in [2.05, 4.69) is 5.32 Å². The van der Waals surface area contributed by atoms with E-state index in [1.807, 2.05) is 13.8 Å². The topological polar surface area (TPSA) is 113 Å². The number of carboxylic acids is 1. The van der Waals surface area contributed by atoms with Crippen molar-refractivity contribution in [3.63, 3.8) is 0 Å². The maximum absolute atomic E-state index is 11.8. The van der Waals surface area contributed by atoms with Crippen molar-refractivity contribution in [3.8, 4) is 0 Å². The molecular formula is C12H21N3O4. The Labute approximate surface area is 112 Å². The Morgan fingerprint density at radius 1 is 1.42 bits per heavy atom. The third-order valence-corrected chi connectivity index (χ3v) is 3.77. The van der Waals surface area contributed by atoms with Crippen molar-refractivity contribution < 1.29 is 19.5 Å². The molecule has 1 aliphatic heterocycles. The number of carboxylic acid groups (broad SMARTS) is 1. The van der Waals surface area contributed by atoms with Gasteiger partial charge in [0.2, 0.25) is 5.91 Å². The molecule has 1 saturated heterocycles. The van der Waals surface area contributed by atoms with Crippen LogP contribution in [0.2, 0.25) is 0 Å². The highest BCUT2D eigenvalue weighted by Crippen LogP contribution is 2.38. The molecule has 0 aromatic carbocycles. The van der Waals surface area contributed by atoms with Crippen molar-refractivity contribution in [1.82, 2.24) is 10.2 Å². The van der Waals surface area contributed by atoms with Crippen molar-refractivity contribution in [2.45, 2.75) is 26.7 Å². The third kappa shape index (κ3) is 3.36. The van der Waals surface area contributed by atoms with E-state index >= 15 is 0 Å². The van der Waals surface area contributed by atoms with Crippen LogP contribution in [0.1, 0.15) is 26.7 Å². The minimum absolute atomic E-state index is 0.0478. The molecule has 1 heterocycles. The maximum atomic E-state index is 11.8. The molecule has 1 atom stereocenters. The second-order valence-electron chi connectivity index (χ2n) is 5.24. The lowest BCUT2D eigenvalue weighted by Gasteiger charge is -2.28. The minimum atomic E-state index is -0.874. The van der Waals surface area contributed by atoms with Gasteiger partial charge >= 0.3 is 12.0 Å². The summed E-state index contributed by atoms with van der Waals surface area (Å²) in [7, 11) is 0. The molecule has 0 aromatic heterocycles. The number of nitrogens with zero attached hydrogens (tertiary/aromatic N) is 1. The quantitative estimate of drug-likeness (QED) is 0.653. The number of aliphatic carboxylic acids is 1. The highest BCUT2D eigenvalue weighted by Gasteiger charge is 2.48. The highest BCUT2D eigenvalue weighted by molar-refractivity contribution is 5.80. The van der Waals surface area contributed by atoms with E-state index in [1.54, 1.807) is 0 Å². The summed E-state index contributed by atoms with van der Waals surface area (Å²) in [5.74, 6) is -1.40. The largest absolute Gasteiger partial charge is 0.481 e. The van der Waals surface area contributed by atoms with Crippen LogP contribution in [0.25, 0.3) is 0 Å². The van der Waals surface area contributed by atoms with Gasteiger partial charge in [-0.15, -0.1) is 0 Å². The minimum Gasteiger partial charge on any atom is -0.481 e. The Balaban J connectivity index is 2.57. The standard InChI is InChI=1S/C12H21N3O4/c1-8(2)12(10(17)18)4-6-15(7-12)11(19)14-5-3-9(13)16/h8H,3-7H2,1-2H3,(H2,13,16)(H,14,19)(H,17,18). The van der Waals surface area contributed by atoms with Gasteiger partial charge < -0.3 is 21.1 Å².